The highest BCUT2D eigenvalue weighted by Gasteiger charge is 2.33. The number of thiazole rings is 1. The average molecular weight is 780 g/mol. The second-order valence-corrected chi connectivity index (χ2v) is 15.5. The number of anilines is 3. The first-order chi connectivity index (χ1) is 26.7. The molecule has 7 nitrogen and oxygen atoms in total. The van der Waals surface area contributed by atoms with Gasteiger partial charge in [0.1, 0.15) is 13.9 Å². The van der Waals surface area contributed by atoms with E-state index in [1.807, 2.05) is 55.5 Å². The van der Waals surface area contributed by atoms with E-state index < -0.39 is 5.56 Å². The quantitative estimate of drug-likeness (QED) is 0.0489. The second kappa shape index (κ2) is 16.3. The zero-order valence-corrected chi connectivity index (χ0v) is 32.9. The standard InChI is InChI=1S/C45H37N3O4S3/c1-5-46-43(50)41(55-45(46)53)44-47(31(4)52-51)42(49)39(54-44)28-32-18-24-37(25-19-32)48(36-14-10-7-11-15-36)38-26-22-33(23-27-38)30(3)40(34-12-8-6-9-13-34)35-20-16-29(2)17-21-35/h6-28,51H,4-5H2,1-3H3/b39-28-,40-30?,44-41+. The van der Waals surface area contributed by atoms with Crippen LogP contribution in [0.4, 0.5) is 17.1 Å². The maximum atomic E-state index is 13.6. The molecule has 274 valence electrons. The van der Waals surface area contributed by atoms with Crippen molar-refractivity contribution in [3.8, 4) is 0 Å². The van der Waals surface area contributed by atoms with Crippen molar-refractivity contribution in [3.63, 3.8) is 0 Å². The molecule has 7 rings (SSSR count). The minimum absolute atomic E-state index is 0.281. The lowest BCUT2D eigenvalue weighted by atomic mass is 9.90. The van der Waals surface area contributed by atoms with Crippen molar-refractivity contribution >= 4 is 90.6 Å². The zero-order valence-electron chi connectivity index (χ0n) is 30.4. The Balaban J connectivity index is 1.27. The second-order valence-electron chi connectivity index (χ2n) is 12.8. The number of rotatable bonds is 10. The molecule has 6 aromatic rings. The highest BCUT2D eigenvalue weighted by Crippen LogP contribution is 2.37. The molecule has 0 aliphatic carbocycles. The van der Waals surface area contributed by atoms with Crippen molar-refractivity contribution in [1.82, 2.24) is 9.47 Å². The van der Waals surface area contributed by atoms with Crippen LogP contribution in [0.1, 0.15) is 41.7 Å². The lowest BCUT2D eigenvalue weighted by Crippen LogP contribution is -2.33. The van der Waals surface area contributed by atoms with Gasteiger partial charge in [-0.05, 0) is 103 Å². The predicted octanol–water partition coefficient (Wildman–Crippen LogP) is 9.40. The predicted molar refractivity (Wildman–Crippen MR) is 232 cm³/mol. The van der Waals surface area contributed by atoms with Crippen molar-refractivity contribution in [2.75, 3.05) is 11.4 Å². The number of hydrogen-bond acceptors (Lipinski definition) is 8. The number of benzene rings is 5. The van der Waals surface area contributed by atoms with Gasteiger partial charge in [0.05, 0.1) is 4.53 Å². The van der Waals surface area contributed by atoms with Gasteiger partial charge in [-0.15, -0.1) is 11.3 Å². The fourth-order valence-corrected chi connectivity index (χ4v) is 9.15. The lowest BCUT2D eigenvalue weighted by Gasteiger charge is -2.26. The summed E-state index contributed by atoms with van der Waals surface area (Å²) in [7, 11) is 0. The number of thiocarbonyl (C=S) groups is 1. The van der Waals surface area contributed by atoms with Gasteiger partial charge in [0.2, 0.25) is 5.88 Å². The van der Waals surface area contributed by atoms with Crippen LogP contribution in [0.15, 0.2) is 145 Å². The monoisotopic (exact) mass is 779 g/mol. The van der Waals surface area contributed by atoms with Gasteiger partial charge in [0.15, 0.2) is 0 Å². The molecule has 0 saturated carbocycles. The van der Waals surface area contributed by atoms with Crippen LogP contribution in [0.2, 0.25) is 0 Å². The molecule has 0 bridgehead atoms. The van der Waals surface area contributed by atoms with Crippen molar-refractivity contribution in [3.05, 3.63) is 187 Å². The number of amides is 1. The molecular formula is C45H37N3O4S3. The highest BCUT2D eigenvalue weighted by atomic mass is 32.2. The smallest absolute Gasteiger partial charge is 0.276 e. The number of carbonyl (C=O) groups is 1. The summed E-state index contributed by atoms with van der Waals surface area (Å²) in [5, 5.41) is 9.43. The molecule has 0 unspecified atom stereocenters. The maximum absolute atomic E-state index is 13.6. The fraction of sp³-hybridized carbons (Fsp3) is 0.0889. The summed E-state index contributed by atoms with van der Waals surface area (Å²) >= 11 is 7.61. The summed E-state index contributed by atoms with van der Waals surface area (Å²) in [5.41, 5.74) is 10.2. The van der Waals surface area contributed by atoms with E-state index in [4.69, 9.17) is 12.2 Å². The van der Waals surface area contributed by atoms with Crippen LogP contribution in [0.5, 0.6) is 0 Å². The van der Waals surface area contributed by atoms with Gasteiger partial charge in [-0.2, -0.15) is 0 Å². The Morgan fingerprint density at radius 1 is 0.800 bits per heavy atom. The molecule has 5 aromatic carbocycles. The molecule has 0 spiro atoms. The Hall–Kier alpha value is -5.78. The van der Waals surface area contributed by atoms with Crippen LogP contribution in [-0.2, 0) is 9.68 Å². The topological polar surface area (TPSA) is 75.0 Å². The summed E-state index contributed by atoms with van der Waals surface area (Å²) in [6.07, 6.45) is 1.75. The fourth-order valence-electron chi connectivity index (χ4n) is 6.53. The average Bonchev–Trinajstić information content (AvgIpc) is 3.69. The number of hydrogen-bond donors (Lipinski definition) is 1. The molecule has 55 heavy (non-hydrogen) atoms. The normalized spacial score (nSPS) is 14.6. The minimum Gasteiger partial charge on any atom is -0.322 e. The third-order valence-electron chi connectivity index (χ3n) is 9.34. The summed E-state index contributed by atoms with van der Waals surface area (Å²) in [5.74, 6) is -0.619. The number of aryl methyl sites for hydroxylation is 1. The van der Waals surface area contributed by atoms with E-state index in [9.17, 15) is 14.8 Å². The van der Waals surface area contributed by atoms with Crippen LogP contribution in [0.25, 0.3) is 28.0 Å². The Morgan fingerprint density at radius 2 is 1.35 bits per heavy atom. The van der Waals surface area contributed by atoms with Crippen LogP contribution < -0.4 is 19.7 Å². The summed E-state index contributed by atoms with van der Waals surface area (Å²) < 4.78 is 2.13. The Kier molecular flexibility index (Phi) is 11.1. The van der Waals surface area contributed by atoms with Crippen LogP contribution in [0, 0.1) is 6.92 Å². The molecule has 1 saturated heterocycles. The van der Waals surface area contributed by atoms with E-state index in [1.54, 1.807) is 6.08 Å². The molecule has 1 aromatic heterocycles. The van der Waals surface area contributed by atoms with Gasteiger partial charge in [0.25, 0.3) is 11.5 Å². The van der Waals surface area contributed by atoms with Crippen LogP contribution in [0.3, 0.4) is 0 Å². The Morgan fingerprint density at radius 3 is 1.93 bits per heavy atom. The van der Waals surface area contributed by atoms with Crippen molar-refractivity contribution < 1.29 is 14.9 Å². The lowest BCUT2D eigenvalue weighted by molar-refractivity contribution is -0.176. The number of carbonyl (C=O) groups excluding carboxylic acids is 1. The molecule has 1 aliphatic heterocycles. The first-order valence-corrected chi connectivity index (χ1v) is 19.6. The summed E-state index contributed by atoms with van der Waals surface area (Å²) in [4.78, 5) is 35.1. The Labute approximate surface area is 333 Å². The van der Waals surface area contributed by atoms with Gasteiger partial charge < -0.3 is 9.79 Å². The largest absolute Gasteiger partial charge is 0.322 e. The molecular weight excluding hydrogens is 743 g/mol. The molecule has 0 atom stereocenters. The SMILES string of the molecule is C=C(OO)n1c(=O)/c(=C/c2ccc(N(c3ccccc3)c3ccc(C(C)=C(c4ccccc4)c4ccc(C)cc4)cc3)cc2)s/c1=C1/SC(=S)N(CC)C1=O. The van der Waals surface area contributed by atoms with Crippen molar-refractivity contribution in [2.45, 2.75) is 20.8 Å². The number of allylic oxidation sites excluding steroid dienone is 1. The van der Waals surface area contributed by atoms with Crippen molar-refractivity contribution in [1.29, 1.82) is 0 Å². The van der Waals surface area contributed by atoms with Gasteiger partial charge in [-0.25, -0.2) is 9.82 Å². The first kappa shape index (κ1) is 37.5. The zero-order chi connectivity index (χ0) is 38.6. The van der Waals surface area contributed by atoms with Gasteiger partial charge in [-0.3, -0.25) is 14.5 Å². The molecule has 1 amide bonds. The first-order valence-electron chi connectivity index (χ1n) is 17.6. The molecule has 1 fully saturated rings. The molecule has 1 N–H and O–H groups in total. The minimum atomic E-state index is -0.474. The molecule has 1 aliphatic rings. The van der Waals surface area contributed by atoms with Crippen molar-refractivity contribution in [2.24, 2.45) is 0 Å². The molecule has 10 heteroatoms. The maximum Gasteiger partial charge on any atom is 0.276 e. The summed E-state index contributed by atoms with van der Waals surface area (Å²) in [6.45, 7) is 10.2. The number of nitrogens with zero attached hydrogens (tertiary/aromatic N) is 3. The third-order valence-corrected chi connectivity index (χ3v) is 12.0. The highest BCUT2D eigenvalue weighted by molar-refractivity contribution is 8.30. The van der Waals surface area contributed by atoms with E-state index in [2.05, 4.69) is 115 Å². The van der Waals surface area contributed by atoms with Crippen LogP contribution >= 0.6 is 35.3 Å². The van der Waals surface area contributed by atoms with Crippen LogP contribution in [-0.4, -0.2) is 31.5 Å². The molecule has 2 heterocycles. The van der Waals surface area contributed by atoms with E-state index >= 15 is 0 Å². The Bertz CT molecular complexity index is 2610. The number of aromatic nitrogens is 1. The van der Waals surface area contributed by atoms with E-state index in [0.717, 1.165) is 61.4 Å². The van der Waals surface area contributed by atoms with Gasteiger partial charge in [-0.1, -0.05) is 127 Å². The number of para-hydroxylation sites is 1. The van der Waals surface area contributed by atoms with E-state index in [0.29, 0.717) is 20.1 Å². The van der Waals surface area contributed by atoms with E-state index in [1.165, 1.54) is 27.2 Å². The van der Waals surface area contributed by atoms with Gasteiger partial charge in [0, 0.05) is 23.6 Å². The summed E-state index contributed by atoms with van der Waals surface area (Å²) in [6, 6.07) is 45.9. The van der Waals surface area contributed by atoms with E-state index in [-0.39, 0.29) is 16.7 Å². The van der Waals surface area contributed by atoms with Gasteiger partial charge >= 0.3 is 0 Å². The number of thioether (sulfide) groups is 1. The third kappa shape index (κ3) is 7.63. The molecule has 0 radical (unpaired) electrons.